The average Bonchev–Trinajstić information content (AvgIpc) is 3.16. The summed E-state index contributed by atoms with van der Waals surface area (Å²) in [6, 6.07) is 5.99. The third kappa shape index (κ3) is 3.19. The van der Waals surface area contributed by atoms with Crippen molar-refractivity contribution in [2.45, 2.75) is 42.9 Å². The number of primary amides is 1. The molecule has 2 aromatic rings. The largest absolute Gasteiger partial charge is 0.369 e. The Labute approximate surface area is 140 Å². The van der Waals surface area contributed by atoms with Crippen LogP contribution in [0.2, 0.25) is 0 Å². The molecule has 2 N–H and O–H groups in total. The molecule has 1 aromatic heterocycles. The third-order valence-corrected chi connectivity index (χ3v) is 6.12. The van der Waals surface area contributed by atoms with E-state index in [1.807, 2.05) is 0 Å². The second-order valence-corrected chi connectivity index (χ2v) is 8.43. The molecule has 1 amide bonds. The molecule has 0 atom stereocenters. The average molecular weight is 349 g/mol. The summed E-state index contributed by atoms with van der Waals surface area (Å²) in [5.74, 6) is -0.544. The molecule has 24 heavy (non-hydrogen) atoms. The summed E-state index contributed by atoms with van der Waals surface area (Å²) in [6.07, 6.45) is 4.39. The van der Waals surface area contributed by atoms with E-state index in [1.54, 1.807) is 12.1 Å². The van der Waals surface area contributed by atoms with Gasteiger partial charge in [-0.3, -0.25) is 4.79 Å². The molecule has 0 unspecified atom stereocenters. The van der Waals surface area contributed by atoms with Crippen LogP contribution in [0.4, 0.5) is 0 Å². The molecule has 0 spiro atoms. The number of sulfone groups is 1. The van der Waals surface area contributed by atoms with E-state index in [2.05, 4.69) is 17.1 Å². The first-order valence-corrected chi connectivity index (χ1v) is 9.41. The fourth-order valence-electron chi connectivity index (χ4n) is 3.04. The number of hydrogen-bond donors (Lipinski definition) is 1. The second-order valence-electron chi connectivity index (χ2n) is 6.44. The molecule has 0 saturated heterocycles. The molecule has 1 heterocycles. The van der Waals surface area contributed by atoms with Crippen molar-refractivity contribution in [3.05, 3.63) is 30.1 Å². The maximum Gasteiger partial charge on any atom is 0.257 e. The zero-order valence-electron chi connectivity index (χ0n) is 13.4. The molecule has 1 aromatic carbocycles. The molecule has 3 rings (SSSR count). The van der Waals surface area contributed by atoms with Crippen molar-refractivity contribution in [3.8, 4) is 11.5 Å². The standard InChI is InChI=1S/C16H19N3O4S/c1-16(8-2-3-9-16)15-18-14(23-19-15)11-4-6-12(7-5-11)24(21,22)10-13(17)20/h4-7H,2-3,8-10H2,1H3,(H2,17,20). The first-order chi connectivity index (χ1) is 11.3. The fourth-order valence-corrected chi connectivity index (χ4v) is 4.13. The minimum absolute atomic E-state index is 0.0348. The first kappa shape index (κ1) is 16.6. The highest BCUT2D eigenvalue weighted by atomic mass is 32.2. The van der Waals surface area contributed by atoms with E-state index in [1.165, 1.54) is 12.1 Å². The van der Waals surface area contributed by atoms with Gasteiger partial charge in [0.05, 0.1) is 4.90 Å². The number of nitrogens with two attached hydrogens (primary N) is 1. The normalized spacial score (nSPS) is 17.0. The van der Waals surface area contributed by atoms with Crippen LogP contribution in [0.1, 0.15) is 38.4 Å². The maximum atomic E-state index is 12.0. The number of carbonyl (C=O) groups is 1. The lowest BCUT2D eigenvalue weighted by molar-refractivity contribution is -0.115. The summed E-state index contributed by atoms with van der Waals surface area (Å²) in [5, 5.41) is 4.09. The van der Waals surface area contributed by atoms with Crippen molar-refractivity contribution in [3.63, 3.8) is 0 Å². The summed E-state index contributed by atoms with van der Waals surface area (Å²) in [5.41, 5.74) is 5.54. The lowest BCUT2D eigenvalue weighted by atomic mass is 9.88. The number of nitrogens with zero attached hydrogens (tertiary/aromatic N) is 2. The molecule has 7 nitrogen and oxygen atoms in total. The van der Waals surface area contributed by atoms with Crippen LogP contribution in [-0.4, -0.2) is 30.2 Å². The van der Waals surface area contributed by atoms with Crippen LogP contribution in [0.3, 0.4) is 0 Å². The Bertz CT molecular complexity index is 850. The van der Waals surface area contributed by atoms with E-state index in [9.17, 15) is 13.2 Å². The van der Waals surface area contributed by atoms with Gasteiger partial charge < -0.3 is 10.3 Å². The molecule has 0 aliphatic heterocycles. The highest BCUT2D eigenvalue weighted by molar-refractivity contribution is 7.92. The van der Waals surface area contributed by atoms with Crippen LogP contribution in [0, 0.1) is 0 Å². The van der Waals surface area contributed by atoms with Gasteiger partial charge in [0.15, 0.2) is 15.7 Å². The van der Waals surface area contributed by atoms with Gasteiger partial charge in [-0.2, -0.15) is 4.98 Å². The highest BCUT2D eigenvalue weighted by Crippen LogP contribution is 2.39. The Morgan fingerprint density at radius 3 is 2.46 bits per heavy atom. The van der Waals surface area contributed by atoms with Crippen molar-refractivity contribution in [2.24, 2.45) is 5.73 Å². The quantitative estimate of drug-likeness (QED) is 0.880. The first-order valence-electron chi connectivity index (χ1n) is 7.76. The third-order valence-electron chi connectivity index (χ3n) is 4.47. The summed E-state index contributed by atoms with van der Waals surface area (Å²) in [6.45, 7) is 2.13. The van der Waals surface area contributed by atoms with E-state index in [0.717, 1.165) is 25.7 Å². The number of aromatic nitrogens is 2. The van der Waals surface area contributed by atoms with Gasteiger partial charge in [0.1, 0.15) is 5.75 Å². The lowest BCUT2D eigenvalue weighted by Gasteiger charge is -2.17. The Kier molecular flexibility index (Phi) is 4.16. The SMILES string of the molecule is CC1(c2noc(-c3ccc(S(=O)(=O)CC(N)=O)cc3)n2)CCCC1. The summed E-state index contributed by atoms with van der Waals surface area (Å²) < 4.78 is 29.3. The summed E-state index contributed by atoms with van der Waals surface area (Å²) in [7, 11) is -3.72. The van der Waals surface area contributed by atoms with E-state index in [4.69, 9.17) is 10.3 Å². The van der Waals surface area contributed by atoms with Crippen molar-refractivity contribution >= 4 is 15.7 Å². The van der Waals surface area contributed by atoms with Gasteiger partial charge in [0.2, 0.25) is 5.91 Å². The van der Waals surface area contributed by atoms with Gasteiger partial charge in [-0.25, -0.2) is 8.42 Å². The number of benzene rings is 1. The smallest absolute Gasteiger partial charge is 0.257 e. The molecule has 0 bridgehead atoms. The molecule has 1 saturated carbocycles. The van der Waals surface area contributed by atoms with E-state index in [0.29, 0.717) is 17.3 Å². The molecule has 8 heteroatoms. The molecular formula is C16H19N3O4S. The minimum atomic E-state index is -3.72. The van der Waals surface area contributed by atoms with E-state index >= 15 is 0 Å². The van der Waals surface area contributed by atoms with Crippen molar-refractivity contribution < 1.29 is 17.7 Å². The van der Waals surface area contributed by atoms with Gasteiger partial charge >= 0.3 is 0 Å². The Hall–Kier alpha value is -2.22. The van der Waals surface area contributed by atoms with Gasteiger partial charge in [-0.05, 0) is 37.1 Å². The number of hydrogen-bond acceptors (Lipinski definition) is 6. The molecule has 128 valence electrons. The Morgan fingerprint density at radius 2 is 1.88 bits per heavy atom. The van der Waals surface area contributed by atoms with Crippen LogP contribution in [-0.2, 0) is 20.0 Å². The summed E-state index contributed by atoms with van der Waals surface area (Å²) in [4.78, 5) is 15.4. The van der Waals surface area contributed by atoms with Crippen molar-refractivity contribution in [1.29, 1.82) is 0 Å². The van der Waals surface area contributed by atoms with Gasteiger partial charge in [-0.15, -0.1) is 0 Å². The lowest BCUT2D eigenvalue weighted by Crippen LogP contribution is -2.23. The van der Waals surface area contributed by atoms with Crippen LogP contribution in [0.5, 0.6) is 0 Å². The number of rotatable bonds is 5. The Morgan fingerprint density at radius 1 is 1.25 bits per heavy atom. The van der Waals surface area contributed by atoms with Crippen molar-refractivity contribution in [2.75, 3.05) is 5.75 Å². The number of amides is 1. The van der Waals surface area contributed by atoms with Gasteiger partial charge in [0, 0.05) is 11.0 Å². The monoisotopic (exact) mass is 349 g/mol. The van der Waals surface area contributed by atoms with Crippen molar-refractivity contribution in [1.82, 2.24) is 10.1 Å². The highest BCUT2D eigenvalue weighted by Gasteiger charge is 2.35. The second kappa shape index (κ2) is 6.01. The molecule has 1 aliphatic rings. The molecule has 0 radical (unpaired) electrons. The predicted octanol–water partition coefficient (Wildman–Crippen LogP) is 1.83. The van der Waals surface area contributed by atoms with Crippen LogP contribution in [0.15, 0.2) is 33.7 Å². The zero-order valence-corrected chi connectivity index (χ0v) is 14.2. The topological polar surface area (TPSA) is 116 Å². The van der Waals surface area contributed by atoms with Gasteiger partial charge in [0.25, 0.3) is 5.89 Å². The van der Waals surface area contributed by atoms with Crippen LogP contribution in [0.25, 0.3) is 11.5 Å². The van der Waals surface area contributed by atoms with Gasteiger partial charge in [-0.1, -0.05) is 24.9 Å². The molecule has 1 aliphatic carbocycles. The summed E-state index contributed by atoms with van der Waals surface area (Å²) >= 11 is 0. The van der Waals surface area contributed by atoms with E-state index < -0.39 is 21.5 Å². The molecular weight excluding hydrogens is 330 g/mol. The maximum absolute atomic E-state index is 12.0. The van der Waals surface area contributed by atoms with Crippen LogP contribution >= 0.6 is 0 Å². The van der Waals surface area contributed by atoms with Crippen LogP contribution < -0.4 is 5.73 Å². The zero-order chi connectivity index (χ0) is 17.4. The Balaban J connectivity index is 1.84. The predicted molar refractivity (Wildman–Crippen MR) is 86.8 cm³/mol. The number of carbonyl (C=O) groups excluding carboxylic acids is 1. The molecule has 1 fully saturated rings. The minimum Gasteiger partial charge on any atom is -0.369 e. The fraction of sp³-hybridized carbons (Fsp3) is 0.438. The van der Waals surface area contributed by atoms with E-state index in [-0.39, 0.29) is 10.3 Å².